The molecule has 2 rings (SSSR count). The van der Waals surface area contributed by atoms with Crippen molar-refractivity contribution in [3.05, 3.63) is 23.2 Å². The highest BCUT2D eigenvalue weighted by molar-refractivity contribution is 7.22. The molecular formula is C11H10ClF3N2S. The Hall–Kier alpha value is -1.01. The van der Waals surface area contributed by atoms with Gasteiger partial charge >= 0.3 is 6.18 Å². The first-order valence-corrected chi connectivity index (χ1v) is 6.50. The van der Waals surface area contributed by atoms with Gasteiger partial charge in [0.05, 0.1) is 10.2 Å². The number of fused-ring (bicyclic) bond motifs is 1. The molecule has 0 bridgehead atoms. The summed E-state index contributed by atoms with van der Waals surface area (Å²) in [6.07, 6.45) is -4.83. The zero-order chi connectivity index (χ0) is 13.2. The van der Waals surface area contributed by atoms with Gasteiger partial charge in [-0.2, -0.15) is 13.2 Å². The molecule has 0 saturated heterocycles. The Morgan fingerprint density at radius 2 is 2.11 bits per heavy atom. The van der Waals surface area contributed by atoms with E-state index in [1.807, 2.05) is 0 Å². The molecule has 0 aliphatic heterocycles. The van der Waals surface area contributed by atoms with Crippen molar-refractivity contribution < 1.29 is 13.2 Å². The van der Waals surface area contributed by atoms with Crippen LogP contribution in [-0.4, -0.2) is 17.7 Å². The van der Waals surface area contributed by atoms with E-state index in [1.54, 1.807) is 18.2 Å². The molecule has 1 aromatic heterocycles. The van der Waals surface area contributed by atoms with E-state index in [4.69, 9.17) is 11.6 Å². The minimum atomic E-state index is -4.09. The van der Waals surface area contributed by atoms with Crippen molar-refractivity contribution in [1.82, 2.24) is 4.98 Å². The van der Waals surface area contributed by atoms with Gasteiger partial charge < -0.3 is 5.32 Å². The molecule has 0 fully saturated rings. The number of rotatable bonds is 4. The SMILES string of the molecule is FC(F)(F)CCCNc1nc2ccc(Cl)cc2s1. The molecule has 1 N–H and O–H groups in total. The van der Waals surface area contributed by atoms with Crippen LogP contribution in [0.15, 0.2) is 18.2 Å². The van der Waals surface area contributed by atoms with Gasteiger partial charge in [-0.1, -0.05) is 22.9 Å². The minimum Gasteiger partial charge on any atom is -0.361 e. The van der Waals surface area contributed by atoms with Gasteiger partial charge in [-0.3, -0.25) is 0 Å². The van der Waals surface area contributed by atoms with Crippen LogP contribution in [0, 0.1) is 0 Å². The van der Waals surface area contributed by atoms with Crippen LogP contribution < -0.4 is 5.32 Å². The number of thiazole rings is 1. The van der Waals surface area contributed by atoms with Crippen molar-refractivity contribution in [3.63, 3.8) is 0 Å². The summed E-state index contributed by atoms with van der Waals surface area (Å²) in [6, 6.07) is 5.31. The molecule has 0 radical (unpaired) electrons. The smallest absolute Gasteiger partial charge is 0.361 e. The quantitative estimate of drug-likeness (QED) is 0.827. The number of alkyl halides is 3. The number of aromatic nitrogens is 1. The predicted molar refractivity (Wildman–Crippen MR) is 68.4 cm³/mol. The summed E-state index contributed by atoms with van der Waals surface area (Å²) in [5.41, 5.74) is 0.794. The second-order valence-corrected chi connectivity index (χ2v) is 5.24. The Morgan fingerprint density at radius 3 is 2.83 bits per heavy atom. The Kier molecular flexibility index (Phi) is 3.97. The second-order valence-electron chi connectivity index (χ2n) is 3.78. The Morgan fingerprint density at radius 1 is 1.33 bits per heavy atom. The van der Waals surface area contributed by atoms with Crippen LogP contribution in [0.1, 0.15) is 12.8 Å². The van der Waals surface area contributed by atoms with Gasteiger partial charge in [-0.15, -0.1) is 0 Å². The maximum absolute atomic E-state index is 11.9. The van der Waals surface area contributed by atoms with Gasteiger partial charge in [0.2, 0.25) is 0 Å². The fourth-order valence-electron chi connectivity index (χ4n) is 1.46. The van der Waals surface area contributed by atoms with Crippen LogP contribution >= 0.6 is 22.9 Å². The molecule has 0 unspecified atom stereocenters. The van der Waals surface area contributed by atoms with E-state index in [0.717, 1.165) is 10.2 Å². The van der Waals surface area contributed by atoms with Crippen molar-refractivity contribution in [2.75, 3.05) is 11.9 Å². The van der Waals surface area contributed by atoms with Crippen LogP contribution in [0.25, 0.3) is 10.2 Å². The van der Waals surface area contributed by atoms with Gasteiger partial charge in [-0.05, 0) is 24.6 Å². The third-order valence-corrected chi connectivity index (χ3v) is 3.47. The molecule has 7 heteroatoms. The Balaban J connectivity index is 1.92. The molecule has 0 amide bonds. The van der Waals surface area contributed by atoms with Gasteiger partial charge in [0.1, 0.15) is 0 Å². The molecule has 0 aliphatic rings. The number of nitrogens with zero attached hydrogens (tertiary/aromatic N) is 1. The van der Waals surface area contributed by atoms with Gasteiger partial charge in [0.25, 0.3) is 0 Å². The van der Waals surface area contributed by atoms with E-state index in [1.165, 1.54) is 11.3 Å². The van der Waals surface area contributed by atoms with Crippen molar-refractivity contribution in [3.8, 4) is 0 Å². The first-order valence-electron chi connectivity index (χ1n) is 5.31. The van der Waals surface area contributed by atoms with Crippen LogP contribution in [-0.2, 0) is 0 Å². The first-order chi connectivity index (χ1) is 8.44. The number of hydrogen-bond acceptors (Lipinski definition) is 3. The van der Waals surface area contributed by atoms with Crippen molar-refractivity contribution in [2.45, 2.75) is 19.0 Å². The summed E-state index contributed by atoms with van der Waals surface area (Å²) in [6.45, 7) is 0.257. The number of anilines is 1. The fourth-order valence-corrected chi connectivity index (χ4v) is 2.63. The number of nitrogens with one attached hydrogen (secondary N) is 1. The summed E-state index contributed by atoms with van der Waals surface area (Å²) >= 11 is 7.22. The summed E-state index contributed by atoms with van der Waals surface area (Å²) < 4.78 is 36.7. The zero-order valence-corrected chi connectivity index (χ0v) is 10.8. The number of hydrogen-bond donors (Lipinski definition) is 1. The molecule has 0 spiro atoms. The minimum absolute atomic E-state index is 0.0418. The molecule has 0 aliphatic carbocycles. The summed E-state index contributed by atoms with van der Waals surface area (Å²) in [7, 11) is 0. The highest BCUT2D eigenvalue weighted by atomic mass is 35.5. The van der Waals surface area contributed by atoms with Crippen molar-refractivity contribution in [1.29, 1.82) is 0 Å². The van der Waals surface area contributed by atoms with Crippen LogP contribution in [0.5, 0.6) is 0 Å². The third-order valence-electron chi connectivity index (χ3n) is 2.26. The lowest BCUT2D eigenvalue weighted by molar-refractivity contribution is -0.134. The standard InChI is InChI=1S/C11H10ClF3N2S/c12-7-2-3-8-9(6-7)18-10(17-8)16-5-1-4-11(13,14)15/h2-3,6H,1,4-5H2,(H,16,17). The lowest BCUT2D eigenvalue weighted by atomic mass is 10.3. The van der Waals surface area contributed by atoms with Crippen molar-refractivity contribution >= 4 is 38.3 Å². The largest absolute Gasteiger partial charge is 0.389 e. The molecular weight excluding hydrogens is 285 g/mol. The van der Waals surface area contributed by atoms with Crippen LogP contribution in [0.4, 0.5) is 18.3 Å². The van der Waals surface area contributed by atoms with E-state index in [0.29, 0.717) is 10.2 Å². The lowest BCUT2D eigenvalue weighted by Gasteiger charge is -2.05. The zero-order valence-electron chi connectivity index (χ0n) is 9.22. The lowest BCUT2D eigenvalue weighted by Crippen LogP contribution is -2.10. The molecule has 0 atom stereocenters. The van der Waals surface area contributed by atoms with Gasteiger partial charge in [-0.25, -0.2) is 4.98 Å². The molecule has 1 heterocycles. The predicted octanol–water partition coefficient (Wildman–Crippen LogP) is 4.70. The summed E-state index contributed by atoms with van der Waals surface area (Å²) in [5.74, 6) is 0. The number of benzene rings is 1. The Bertz CT molecular complexity index is 539. The van der Waals surface area contributed by atoms with E-state index >= 15 is 0 Å². The average molecular weight is 295 g/mol. The van der Waals surface area contributed by atoms with Gasteiger partial charge in [0.15, 0.2) is 5.13 Å². The first kappa shape index (κ1) is 13.4. The van der Waals surface area contributed by atoms with E-state index < -0.39 is 12.6 Å². The summed E-state index contributed by atoms with van der Waals surface area (Å²) in [5, 5.41) is 4.13. The topological polar surface area (TPSA) is 24.9 Å². The van der Waals surface area contributed by atoms with E-state index in [9.17, 15) is 13.2 Å². The fraction of sp³-hybridized carbons (Fsp3) is 0.364. The molecule has 0 saturated carbocycles. The highest BCUT2D eigenvalue weighted by Gasteiger charge is 2.25. The summed E-state index contributed by atoms with van der Waals surface area (Å²) in [4.78, 5) is 4.26. The van der Waals surface area contributed by atoms with Crippen LogP contribution in [0.3, 0.4) is 0 Å². The molecule has 98 valence electrons. The highest BCUT2D eigenvalue weighted by Crippen LogP contribution is 2.28. The van der Waals surface area contributed by atoms with E-state index in [-0.39, 0.29) is 13.0 Å². The van der Waals surface area contributed by atoms with Gasteiger partial charge in [0, 0.05) is 18.0 Å². The maximum Gasteiger partial charge on any atom is 0.389 e. The molecule has 1 aromatic carbocycles. The van der Waals surface area contributed by atoms with Crippen LogP contribution in [0.2, 0.25) is 5.02 Å². The molecule has 2 aromatic rings. The second kappa shape index (κ2) is 5.32. The number of halogens is 4. The van der Waals surface area contributed by atoms with E-state index in [2.05, 4.69) is 10.3 Å². The Labute approximate surface area is 111 Å². The maximum atomic E-state index is 11.9. The van der Waals surface area contributed by atoms with Crippen molar-refractivity contribution in [2.24, 2.45) is 0 Å². The monoisotopic (exact) mass is 294 g/mol. The molecule has 2 nitrogen and oxygen atoms in total. The molecule has 18 heavy (non-hydrogen) atoms. The third kappa shape index (κ3) is 3.74. The average Bonchev–Trinajstić information content (AvgIpc) is 2.65. The normalized spacial score (nSPS) is 12.0.